The summed E-state index contributed by atoms with van der Waals surface area (Å²) < 4.78 is 0.617. The summed E-state index contributed by atoms with van der Waals surface area (Å²) in [7, 11) is 1.26. The van der Waals surface area contributed by atoms with Crippen LogP contribution >= 0.6 is 46.2 Å². The Morgan fingerprint density at radius 1 is 1.30 bits per heavy atom. The Morgan fingerprint density at radius 2 is 2.00 bits per heavy atom. The molecule has 2 aliphatic heterocycles. The van der Waals surface area contributed by atoms with Gasteiger partial charge in [-0.2, -0.15) is 0 Å². The van der Waals surface area contributed by atoms with Gasteiger partial charge in [0.05, 0.1) is 12.1 Å². The molecule has 212 valence electrons. The molecule has 2 atom stereocenters. The zero-order valence-corrected chi connectivity index (χ0v) is 26.6. The number of β-lactam (4-membered cyclic amide) rings is 1. The summed E-state index contributed by atoms with van der Waals surface area (Å²) in [5.41, 5.74) is 6.70. The Morgan fingerprint density at radius 3 is 2.58 bits per heavy atom. The van der Waals surface area contributed by atoms with Crippen LogP contribution < -0.4 is 40.6 Å². The molecule has 15 nitrogen and oxygen atoms in total. The van der Waals surface area contributed by atoms with Crippen LogP contribution in [-0.4, -0.2) is 95.5 Å². The third-order valence-electron chi connectivity index (χ3n) is 5.25. The molecule has 40 heavy (non-hydrogen) atoms. The number of hydrogen-bond acceptors (Lipinski definition) is 13. The number of thioether (sulfide) groups is 2. The number of nitrogen functional groups attached to an aromatic ring is 1. The number of nitrogens with zero attached hydrogens (tertiary/aromatic N) is 4. The minimum atomic E-state index is -1.25. The third-order valence-corrected chi connectivity index (χ3v) is 9.65. The first kappa shape index (κ1) is 35.8. The van der Waals surface area contributed by atoms with Gasteiger partial charge in [0.15, 0.2) is 15.2 Å². The van der Waals surface area contributed by atoms with Crippen molar-refractivity contribution in [2.75, 3.05) is 24.3 Å². The van der Waals surface area contributed by atoms with Gasteiger partial charge in [-0.25, -0.2) is 14.8 Å². The molecule has 0 unspecified atom stereocenters. The number of carboxylic acid groups (broad SMARTS) is 2. The maximum absolute atomic E-state index is 13.0. The van der Waals surface area contributed by atoms with Gasteiger partial charge in [0, 0.05) is 21.8 Å². The number of aromatic nitrogens is 2. The van der Waals surface area contributed by atoms with Crippen LogP contribution in [0.4, 0.5) is 5.13 Å². The van der Waals surface area contributed by atoms with Gasteiger partial charge < -0.3 is 37.1 Å². The first-order valence-corrected chi connectivity index (χ1v) is 14.2. The standard InChI is InChI=1S/C20H20N6O7S4.Na.2H2O/c1-7-10(3-11(27)28)37-20(22-7)36-5-8-4-34-17-13(16(30)26(17)14(8)18(31)32)24-15(29)12(25-33-2)9-6-35-19(21)23-9;;;/h6,13,17H,3-5H2,1-2H3,(H2,21,23)(H,24,29)(H,27,28)(H,31,32);;2*1H2/q;+1;;/b25-12-;;;/t13-,17-;;;/m1.../s1. The van der Waals surface area contributed by atoms with E-state index in [4.69, 9.17) is 15.7 Å². The van der Waals surface area contributed by atoms with E-state index in [9.17, 15) is 24.3 Å². The number of rotatable bonds is 10. The molecule has 0 saturated carbocycles. The largest absolute Gasteiger partial charge is 1.00 e. The zero-order chi connectivity index (χ0) is 26.9. The van der Waals surface area contributed by atoms with Crippen molar-refractivity contribution in [1.82, 2.24) is 20.2 Å². The van der Waals surface area contributed by atoms with Crippen LogP contribution in [0.3, 0.4) is 0 Å². The summed E-state index contributed by atoms with van der Waals surface area (Å²) in [4.78, 5) is 63.9. The molecule has 0 bridgehead atoms. The van der Waals surface area contributed by atoms with Crippen molar-refractivity contribution in [3.63, 3.8) is 0 Å². The number of aliphatic carboxylic acids is 2. The van der Waals surface area contributed by atoms with E-state index in [-0.39, 0.29) is 74.9 Å². The van der Waals surface area contributed by atoms with Gasteiger partial charge >= 0.3 is 41.5 Å². The van der Waals surface area contributed by atoms with Gasteiger partial charge in [-0.3, -0.25) is 19.3 Å². The quantitative estimate of drug-likeness (QED) is 0.0642. The molecule has 2 aromatic heterocycles. The van der Waals surface area contributed by atoms with Gasteiger partial charge in [-0.1, -0.05) is 16.9 Å². The van der Waals surface area contributed by atoms with Crippen molar-refractivity contribution in [1.29, 1.82) is 0 Å². The van der Waals surface area contributed by atoms with E-state index in [2.05, 4.69) is 20.4 Å². The molecule has 4 rings (SSSR count). The zero-order valence-electron chi connectivity index (χ0n) is 21.3. The van der Waals surface area contributed by atoms with E-state index in [0.717, 1.165) is 11.3 Å². The maximum Gasteiger partial charge on any atom is 1.00 e. The number of oxime groups is 1. The molecular weight excluding hydrogens is 620 g/mol. The van der Waals surface area contributed by atoms with Crippen molar-refractivity contribution < 1.29 is 74.7 Å². The average Bonchev–Trinajstić information content (AvgIpc) is 3.42. The van der Waals surface area contributed by atoms with Gasteiger partial charge in [0.25, 0.3) is 11.8 Å². The van der Waals surface area contributed by atoms with Crippen molar-refractivity contribution in [3.8, 4) is 0 Å². The molecule has 0 spiro atoms. The fraction of sp³-hybridized carbons (Fsp3) is 0.350. The predicted octanol–water partition coefficient (Wildman–Crippen LogP) is -3.65. The number of carbonyl (C=O) groups is 4. The summed E-state index contributed by atoms with van der Waals surface area (Å²) in [6.45, 7) is 1.72. The number of aryl methyl sites for hydroxylation is 1. The number of hydrogen-bond donors (Lipinski definition) is 4. The first-order valence-electron chi connectivity index (χ1n) is 10.4. The number of carbonyl (C=O) groups excluding carboxylic acids is 2. The van der Waals surface area contributed by atoms with E-state index in [1.807, 2.05) is 0 Å². The second-order valence-electron chi connectivity index (χ2n) is 7.66. The van der Waals surface area contributed by atoms with Crippen molar-refractivity contribution in [2.45, 2.75) is 29.1 Å². The summed E-state index contributed by atoms with van der Waals surface area (Å²) in [6, 6.07) is -0.959. The number of nitrogens with two attached hydrogens (primary N) is 1. The molecule has 2 amide bonds. The van der Waals surface area contributed by atoms with E-state index >= 15 is 0 Å². The first-order chi connectivity index (χ1) is 17.6. The van der Waals surface area contributed by atoms with Crippen molar-refractivity contribution >= 4 is 80.8 Å². The molecule has 2 aromatic rings. The molecule has 2 aliphatic rings. The number of fused-ring (bicyclic) bond motifs is 1. The molecule has 9 N–H and O–H groups in total. The smallest absolute Gasteiger partial charge is 0.481 e. The molecular formula is C20H24N6NaO9S4+. The van der Waals surface area contributed by atoms with Crippen LogP contribution in [0.5, 0.6) is 0 Å². The second-order valence-corrected chi connectivity index (χ2v) is 12.0. The Bertz CT molecular complexity index is 1350. The summed E-state index contributed by atoms with van der Waals surface area (Å²) in [5, 5.41) is 26.3. The van der Waals surface area contributed by atoms with Crippen LogP contribution in [0.15, 0.2) is 26.1 Å². The predicted molar refractivity (Wildman–Crippen MR) is 146 cm³/mol. The fourth-order valence-electron chi connectivity index (χ4n) is 3.61. The maximum atomic E-state index is 13.0. The molecule has 0 radical (unpaired) electrons. The van der Waals surface area contributed by atoms with Crippen LogP contribution in [0, 0.1) is 6.92 Å². The number of anilines is 1. The average molecular weight is 644 g/mol. The number of nitrogens with one attached hydrogen (secondary N) is 1. The summed E-state index contributed by atoms with van der Waals surface area (Å²) >= 11 is 4.98. The number of carboxylic acids is 2. The van der Waals surface area contributed by atoms with Gasteiger partial charge in [0.2, 0.25) is 0 Å². The molecule has 0 aliphatic carbocycles. The van der Waals surface area contributed by atoms with E-state index in [1.165, 1.54) is 52.3 Å². The molecule has 1 fully saturated rings. The number of thiazole rings is 2. The van der Waals surface area contributed by atoms with Crippen molar-refractivity contribution in [3.05, 3.63) is 32.9 Å². The minimum Gasteiger partial charge on any atom is -0.481 e. The van der Waals surface area contributed by atoms with E-state index in [1.54, 1.807) is 6.92 Å². The van der Waals surface area contributed by atoms with Gasteiger partial charge in [-0.15, -0.1) is 34.4 Å². The minimum absolute atomic E-state index is 0. The van der Waals surface area contributed by atoms with E-state index in [0.29, 0.717) is 26.2 Å². The number of amides is 2. The van der Waals surface area contributed by atoms with E-state index < -0.39 is 35.2 Å². The molecule has 1 saturated heterocycles. The van der Waals surface area contributed by atoms with Crippen LogP contribution in [0.1, 0.15) is 16.3 Å². The molecule has 4 heterocycles. The third kappa shape index (κ3) is 7.53. The van der Waals surface area contributed by atoms with Crippen LogP contribution in [0.2, 0.25) is 0 Å². The van der Waals surface area contributed by atoms with Crippen LogP contribution in [-0.2, 0) is 30.4 Å². The molecule has 20 heteroatoms. The Balaban J connectivity index is 0.00000267. The Labute approximate surface area is 265 Å². The Hall–Kier alpha value is -2.23. The topological polar surface area (TPSA) is 260 Å². The normalized spacial score (nSPS) is 17.9. The SMILES string of the molecule is CO/N=C(\C(=O)N[C@@H]1C(=O)N2C(C(=O)O)=C(CSc3nc(C)c(CC(=O)O)s3)CS[C@H]12)c1csc(N)n1.O.O.[Na+]. The van der Waals surface area contributed by atoms with Crippen LogP contribution in [0.25, 0.3) is 0 Å². The fourth-order valence-corrected chi connectivity index (χ4v) is 7.87. The Kier molecular flexibility index (Phi) is 13.5. The second kappa shape index (κ2) is 15.1. The molecule has 0 aromatic carbocycles. The van der Waals surface area contributed by atoms with Gasteiger partial charge in [-0.05, 0) is 12.5 Å². The van der Waals surface area contributed by atoms with Crippen molar-refractivity contribution in [2.24, 2.45) is 5.16 Å². The summed E-state index contributed by atoms with van der Waals surface area (Å²) in [5.74, 6) is -2.89. The van der Waals surface area contributed by atoms with Gasteiger partial charge in [0.1, 0.15) is 29.9 Å². The summed E-state index contributed by atoms with van der Waals surface area (Å²) in [6.07, 6.45) is -0.132. The monoisotopic (exact) mass is 643 g/mol.